The van der Waals surface area contributed by atoms with Gasteiger partial charge in [0.25, 0.3) is 0 Å². The second kappa shape index (κ2) is 4.40. The monoisotopic (exact) mass is 298 g/mol. The molecule has 0 saturated carbocycles. The fourth-order valence-electron chi connectivity index (χ4n) is 2.74. The first-order valence-electron chi connectivity index (χ1n) is 6.21. The molecule has 0 bridgehead atoms. The Kier molecular flexibility index (Phi) is 2.87. The summed E-state index contributed by atoms with van der Waals surface area (Å²) in [5, 5.41) is 0. The molecule has 0 radical (unpaired) electrons. The van der Waals surface area contributed by atoms with Crippen LogP contribution in [0.3, 0.4) is 0 Å². The maximum atomic E-state index is 3.70. The molecule has 1 heteroatoms. The van der Waals surface area contributed by atoms with Crippen molar-refractivity contribution in [2.75, 3.05) is 0 Å². The smallest absolute Gasteiger partial charge is 0.0292 e. The molecule has 1 unspecified atom stereocenters. The average molecular weight is 299 g/mol. The summed E-state index contributed by atoms with van der Waals surface area (Å²) in [7, 11) is 0. The third-order valence-electron chi connectivity index (χ3n) is 3.74. The van der Waals surface area contributed by atoms with Crippen molar-refractivity contribution >= 4 is 22.0 Å². The molecule has 0 saturated heterocycles. The summed E-state index contributed by atoms with van der Waals surface area (Å²) in [4.78, 5) is 0. The molecule has 0 heterocycles. The predicted molar refractivity (Wildman–Crippen MR) is 80.9 cm³/mol. The van der Waals surface area contributed by atoms with E-state index in [0.29, 0.717) is 5.92 Å². The van der Waals surface area contributed by atoms with Crippen molar-refractivity contribution in [3.05, 3.63) is 74.8 Å². The van der Waals surface area contributed by atoms with Gasteiger partial charge in [-0.3, -0.25) is 0 Å². The van der Waals surface area contributed by atoms with Gasteiger partial charge in [0.1, 0.15) is 0 Å². The van der Waals surface area contributed by atoms with Crippen LogP contribution in [-0.2, 0) is 0 Å². The predicted octanol–water partition coefficient (Wildman–Crippen LogP) is 5.22. The zero-order valence-electron chi connectivity index (χ0n) is 10.6. The molecule has 2 aromatic carbocycles. The molecule has 3 rings (SSSR count). The molecule has 2 aromatic rings. The lowest BCUT2D eigenvalue weighted by molar-refractivity contribution is 1.02. The van der Waals surface area contributed by atoms with Crippen LogP contribution in [0.25, 0.3) is 6.08 Å². The summed E-state index contributed by atoms with van der Waals surface area (Å²) in [6.45, 7) is 4.36. The first kappa shape index (κ1) is 11.7. The number of hydrogen-bond acceptors (Lipinski definition) is 0. The first-order valence-corrected chi connectivity index (χ1v) is 7.00. The van der Waals surface area contributed by atoms with Gasteiger partial charge in [-0.2, -0.15) is 0 Å². The number of hydrogen-bond donors (Lipinski definition) is 0. The Morgan fingerprint density at radius 2 is 1.72 bits per heavy atom. The number of allylic oxidation sites excluding steroid dienone is 1. The molecule has 1 aliphatic rings. The lowest BCUT2D eigenvalue weighted by atomic mass is 9.89. The Labute approximate surface area is 116 Å². The van der Waals surface area contributed by atoms with Gasteiger partial charge in [-0.25, -0.2) is 0 Å². The molecular weight excluding hydrogens is 284 g/mol. The van der Waals surface area contributed by atoms with Crippen molar-refractivity contribution in [2.24, 2.45) is 0 Å². The molecule has 0 aromatic heterocycles. The van der Waals surface area contributed by atoms with Crippen LogP contribution in [0.5, 0.6) is 0 Å². The number of rotatable bonds is 1. The number of halogens is 1. The van der Waals surface area contributed by atoms with E-state index < -0.39 is 0 Å². The van der Waals surface area contributed by atoms with Crippen LogP contribution in [0.1, 0.15) is 33.7 Å². The van der Waals surface area contributed by atoms with Gasteiger partial charge >= 0.3 is 0 Å². The highest BCUT2D eigenvalue weighted by Crippen LogP contribution is 2.41. The zero-order valence-corrected chi connectivity index (χ0v) is 12.2. The van der Waals surface area contributed by atoms with Crippen LogP contribution < -0.4 is 0 Å². The molecule has 0 amide bonds. The molecule has 0 nitrogen and oxygen atoms in total. The molecule has 90 valence electrons. The molecule has 0 fully saturated rings. The van der Waals surface area contributed by atoms with Crippen molar-refractivity contribution in [2.45, 2.75) is 19.8 Å². The van der Waals surface area contributed by atoms with Crippen molar-refractivity contribution < 1.29 is 0 Å². The van der Waals surface area contributed by atoms with E-state index in [1.54, 1.807) is 0 Å². The van der Waals surface area contributed by atoms with Crippen molar-refractivity contribution in [3.63, 3.8) is 0 Å². The number of aryl methyl sites for hydroxylation is 2. The molecule has 1 aliphatic carbocycles. The lowest BCUT2D eigenvalue weighted by Gasteiger charge is -2.16. The SMILES string of the molecule is Cc1ccccc1C1C=Cc2c(C)ccc(Br)c21. The average Bonchev–Trinajstić information content (AvgIpc) is 2.80. The Morgan fingerprint density at radius 3 is 2.50 bits per heavy atom. The van der Waals surface area contributed by atoms with Crippen LogP contribution in [-0.4, -0.2) is 0 Å². The van der Waals surface area contributed by atoms with E-state index in [1.807, 2.05) is 0 Å². The normalized spacial score (nSPS) is 16.9. The zero-order chi connectivity index (χ0) is 12.7. The quantitative estimate of drug-likeness (QED) is 0.677. The fraction of sp³-hybridized carbons (Fsp3) is 0.176. The summed E-state index contributed by atoms with van der Waals surface area (Å²) in [6, 6.07) is 13.0. The van der Waals surface area contributed by atoms with Crippen LogP contribution in [0.4, 0.5) is 0 Å². The van der Waals surface area contributed by atoms with Crippen LogP contribution >= 0.6 is 15.9 Å². The highest BCUT2D eigenvalue weighted by Gasteiger charge is 2.23. The number of benzene rings is 2. The van der Waals surface area contributed by atoms with E-state index in [0.717, 1.165) is 0 Å². The van der Waals surface area contributed by atoms with Gasteiger partial charge in [-0.15, -0.1) is 0 Å². The van der Waals surface area contributed by atoms with Crippen LogP contribution in [0, 0.1) is 13.8 Å². The second-order valence-corrected chi connectivity index (χ2v) is 5.74. The van der Waals surface area contributed by atoms with Gasteiger partial charge in [-0.05, 0) is 47.7 Å². The van der Waals surface area contributed by atoms with Crippen LogP contribution in [0.15, 0.2) is 46.9 Å². The van der Waals surface area contributed by atoms with Gasteiger partial charge in [-0.1, -0.05) is 58.4 Å². The minimum atomic E-state index is 0.385. The standard InChI is InChI=1S/C17H15Br/c1-11-5-3-4-6-13(11)15-9-8-14-12(2)7-10-16(18)17(14)15/h3-10,15H,1-2H3. The van der Waals surface area contributed by atoms with Gasteiger partial charge < -0.3 is 0 Å². The Morgan fingerprint density at radius 1 is 0.944 bits per heavy atom. The molecule has 18 heavy (non-hydrogen) atoms. The third kappa shape index (κ3) is 1.74. The fourth-order valence-corrected chi connectivity index (χ4v) is 3.33. The minimum absolute atomic E-state index is 0.385. The van der Waals surface area contributed by atoms with Gasteiger partial charge in [0.2, 0.25) is 0 Å². The van der Waals surface area contributed by atoms with E-state index in [2.05, 4.69) is 78.3 Å². The first-order chi connectivity index (χ1) is 8.68. The summed E-state index contributed by atoms with van der Waals surface area (Å²) >= 11 is 3.70. The Balaban J connectivity index is 2.19. The third-order valence-corrected chi connectivity index (χ3v) is 4.43. The van der Waals surface area contributed by atoms with Crippen molar-refractivity contribution in [1.29, 1.82) is 0 Å². The molecule has 0 aliphatic heterocycles. The van der Waals surface area contributed by atoms with E-state index >= 15 is 0 Å². The summed E-state index contributed by atoms with van der Waals surface area (Å²) in [5.74, 6) is 0.385. The maximum absolute atomic E-state index is 3.70. The van der Waals surface area contributed by atoms with E-state index in [-0.39, 0.29) is 0 Å². The van der Waals surface area contributed by atoms with E-state index in [4.69, 9.17) is 0 Å². The summed E-state index contributed by atoms with van der Waals surface area (Å²) < 4.78 is 1.21. The topological polar surface area (TPSA) is 0 Å². The lowest BCUT2D eigenvalue weighted by Crippen LogP contribution is -2.00. The molecule has 1 atom stereocenters. The highest BCUT2D eigenvalue weighted by atomic mass is 79.9. The highest BCUT2D eigenvalue weighted by molar-refractivity contribution is 9.10. The van der Waals surface area contributed by atoms with Crippen LogP contribution in [0.2, 0.25) is 0 Å². The molecular formula is C17H15Br. The molecule has 0 spiro atoms. The van der Waals surface area contributed by atoms with Gasteiger partial charge in [0, 0.05) is 10.4 Å². The maximum Gasteiger partial charge on any atom is 0.0292 e. The van der Waals surface area contributed by atoms with Gasteiger partial charge in [0.15, 0.2) is 0 Å². The van der Waals surface area contributed by atoms with Crippen molar-refractivity contribution in [1.82, 2.24) is 0 Å². The minimum Gasteiger partial charge on any atom is -0.0720 e. The van der Waals surface area contributed by atoms with Crippen molar-refractivity contribution in [3.8, 4) is 0 Å². The molecule has 0 N–H and O–H groups in total. The Bertz CT molecular complexity index is 638. The number of fused-ring (bicyclic) bond motifs is 1. The van der Waals surface area contributed by atoms with E-state index in [1.165, 1.54) is 32.3 Å². The Hall–Kier alpha value is -1.34. The summed E-state index contributed by atoms with van der Waals surface area (Å²) in [5.41, 5.74) is 6.88. The largest absolute Gasteiger partial charge is 0.0720 e. The summed E-state index contributed by atoms with van der Waals surface area (Å²) in [6.07, 6.45) is 4.57. The second-order valence-electron chi connectivity index (χ2n) is 4.89. The van der Waals surface area contributed by atoms with E-state index in [9.17, 15) is 0 Å². The van der Waals surface area contributed by atoms with Gasteiger partial charge in [0.05, 0.1) is 0 Å².